The van der Waals surface area contributed by atoms with E-state index < -0.39 is 0 Å². The first-order valence-electron chi connectivity index (χ1n) is 10.4. The first kappa shape index (κ1) is 17.9. The smallest absolute Gasteiger partial charge is 0.229 e. The summed E-state index contributed by atoms with van der Waals surface area (Å²) in [6.07, 6.45) is 7.36. The predicted molar refractivity (Wildman–Crippen MR) is 112 cm³/mol. The second-order valence-electron chi connectivity index (χ2n) is 8.25. The highest BCUT2D eigenvalue weighted by Crippen LogP contribution is 2.33. The minimum atomic E-state index is -0.245. The molecule has 1 N–H and O–H groups in total. The summed E-state index contributed by atoms with van der Waals surface area (Å²) in [5.74, 6) is -0.150. The number of amides is 2. The van der Waals surface area contributed by atoms with Crippen molar-refractivity contribution in [2.75, 3.05) is 29.9 Å². The Labute approximate surface area is 168 Å². The van der Waals surface area contributed by atoms with Gasteiger partial charge in [-0.1, -0.05) is 24.2 Å². The van der Waals surface area contributed by atoms with Gasteiger partial charge < -0.3 is 15.1 Å². The minimum absolute atomic E-state index is 0.0440. The van der Waals surface area contributed by atoms with E-state index >= 15 is 0 Å². The SMILES string of the molecule is O=C(Nc1ccc2nc(N3CCCC3)sc2c1)[C@@H]1CC(=O)N(C2CCCC2)C1. The largest absolute Gasteiger partial charge is 0.348 e. The monoisotopic (exact) mass is 398 g/mol. The van der Waals surface area contributed by atoms with E-state index in [0.29, 0.717) is 19.0 Å². The van der Waals surface area contributed by atoms with Gasteiger partial charge in [0.05, 0.1) is 16.1 Å². The van der Waals surface area contributed by atoms with Crippen molar-refractivity contribution < 1.29 is 9.59 Å². The molecule has 0 bridgehead atoms. The average molecular weight is 399 g/mol. The van der Waals surface area contributed by atoms with Crippen LogP contribution < -0.4 is 10.2 Å². The first-order chi connectivity index (χ1) is 13.7. The highest BCUT2D eigenvalue weighted by atomic mass is 32.1. The van der Waals surface area contributed by atoms with Gasteiger partial charge in [-0.15, -0.1) is 0 Å². The molecule has 6 nitrogen and oxygen atoms in total. The van der Waals surface area contributed by atoms with Crippen LogP contribution in [0, 0.1) is 5.92 Å². The second kappa shape index (κ2) is 7.35. The Hall–Kier alpha value is -2.15. The van der Waals surface area contributed by atoms with E-state index in [1.165, 1.54) is 25.7 Å². The molecule has 3 fully saturated rings. The van der Waals surface area contributed by atoms with Gasteiger partial charge in [0.2, 0.25) is 11.8 Å². The summed E-state index contributed by atoms with van der Waals surface area (Å²) in [5.41, 5.74) is 1.77. The quantitative estimate of drug-likeness (QED) is 0.854. The number of carbonyl (C=O) groups is 2. The van der Waals surface area contributed by atoms with Crippen molar-refractivity contribution >= 4 is 44.2 Å². The molecule has 5 rings (SSSR count). The zero-order chi connectivity index (χ0) is 19.1. The van der Waals surface area contributed by atoms with Gasteiger partial charge in [0, 0.05) is 37.8 Å². The van der Waals surface area contributed by atoms with Crippen molar-refractivity contribution in [3.8, 4) is 0 Å². The third kappa shape index (κ3) is 3.36. The van der Waals surface area contributed by atoms with Gasteiger partial charge in [-0.25, -0.2) is 4.98 Å². The second-order valence-corrected chi connectivity index (χ2v) is 9.26. The summed E-state index contributed by atoms with van der Waals surface area (Å²) >= 11 is 1.69. The summed E-state index contributed by atoms with van der Waals surface area (Å²) in [7, 11) is 0. The summed E-state index contributed by atoms with van der Waals surface area (Å²) in [6, 6.07) is 6.25. The van der Waals surface area contributed by atoms with Crippen LogP contribution in [0.2, 0.25) is 0 Å². The lowest BCUT2D eigenvalue weighted by Crippen LogP contribution is -2.35. The molecule has 1 aromatic heterocycles. The van der Waals surface area contributed by atoms with Crippen LogP contribution in [-0.2, 0) is 9.59 Å². The maximum Gasteiger partial charge on any atom is 0.229 e. The van der Waals surface area contributed by atoms with Gasteiger partial charge in [-0.05, 0) is 43.9 Å². The molecule has 1 aliphatic carbocycles. The van der Waals surface area contributed by atoms with Crippen molar-refractivity contribution in [2.24, 2.45) is 5.92 Å². The first-order valence-corrected chi connectivity index (χ1v) is 11.2. The lowest BCUT2D eigenvalue weighted by Gasteiger charge is -2.23. The predicted octanol–water partition coefficient (Wildman–Crippen LogP) is 3.63. The van der Waals surface area contributed by atoms with Crippen molar-refractivity contribution in [1.82, 2.24) is 9.88 Å². The molecule has 1 aromatic carbocycles. The van der Waals surface area contributed by atoms with Crippen LogP contribution in [0.5, 0.6) is 0 Å². The highest BCUT2D eigenvalue weighted by molar-refractivity contribution is 7.22. The summed E-state index contributed by atoms with van der Waals surface area (Å²) < 4.78 is 1.09. The lowest BCUT2D eigenvalue weighted by molar-refractivity contribution is -0.129. The molecular weight excluding hydrogens is 372 g/mol. The molecule has 2 aliphatic heterocycles. The molecule has 0 spiro atoms. The average Bonchev–Trinajstić information content (AvgIpc) is 3.46. The molecule has 3 aliphatic rings. The molecule has 148 valence electrons. The number of benzene rings is 1. The molecule has 28 heavy (non-hydrogen) atoms. The van der Waals surface area contributed by atoms with E-state index in [-0.39, 0.29) is 17.7 Å². The van der Waals surface area contributed by atoms with Gasteiger partial charge in [0.25, 0.3) is 0 Å². The van der Waals surface area contributed by atoms with Crippen molar-refractivity contribution in [3.63, 3.8) is 0 Å². The van der Waals surface area contributed by atoms with Crippen molar-refractivity contribution in [1.29, 1.82) is 0 Å². The number of hydrogen-bond acceptors (Lipinski definition) is 5. The van der Waals surface area contributed by atoms with Gasteiger partial charge in [-0.2, -0.15) is 0 Å². The van der Waals surface area contributed by atoms with Crippen molar-refractivity contribution in [3.05, 3.63) is 18.2 Å². The molecule has 2 amide bonds. The summed E-state index contributed by atoms with van der Waals surface area (Å²) in [4.78, 5) is 34.2. The number of nitrogens with zero attached hydrogens (tertiary/aromatic N) is 3. The maximum absolute atomic E-state index is 12.8. The third-order valence-corrected chi connectivity index (χ3v) is 7.39. The molecule has 7 heteroatoms. The molecule has 1 atom stereocenters. The normalized spacial score (nSPS) is 23.3. The number of fused-ring (bicyclic) bond motifs is 1. The molecule has 1 saturated carbocycles. The number of carbonyl (C=O) groups excluding carboxylic acids is 2. The van der Waals surface area contributed by atoms with Crippen molar-refractivity contribution in [2.45, 2.75) is 51.0 Å². The van der Waals surface area contributed by atoms with E-state index in [2.05, 4.69) is 10.2 Å². The van der Waals surface area contributed by atoms with Crippen LogP contribution in [0.15, 0.2) is 18.2 Å². The minimum Gasteiger partial charge on any atom is -0.348 e. The van der Waals surface area contributed by atoms with Crippen LogP contribution in [-0.4, -0.2) is 47.4 Å². The Kier molecular flexibility index (Phi) is 4.70. The number of rotatable bonds is 4. The zero-order valence-electron chi connectivity index (χ0n) is 16.0. The Balaban J connectivity index is 1.27. The number of likely N-dealkylation sites (tertiary alicyclic amines) is 1. The van der Waals surface area contributed by atoms with Gasteiger partial charge in [0.1, 0.15) is 0 Å². The molecule has 2 aromatic rings. The molecule has 0 unspecified atom stereocenters. The summed E-state index contributed by atoms with van der Waals surface area (Å²) in [6.45, 7) is 2.73. The fraction of sp³-hybridized carbons (Fsp3) is 0.571. The van der Waals surface area contributed by atoms with E-state index in [0.717, 1.165) is 47.0 Å². The molecular formula is C21H26N4O2S. The Morgan fingerprint density at radius 1 is 1.14 bits per heavy atom. The topological polar surface area (TPSA) is 65.5 Å². The zero-order valence-corrected chi connectivity index (χ0v) is 16.8. The molecule has 2 saturated heterocycles. The van der Waals surface area contributed by atoms with E-state index in [1.807, 2.05) is 23.1 Å². The Morgan fingerprint density at radius 3 is 2.71 bits per heavy atom. The van der Waals surface area contributed by atoms with Gasteiger partial charge >= 0.3 is 0 Å². The van der Waals surface area contributed by atoms with Crippen LogP contribution in [0.4, 0.5) is 10.8 Å². The fourth-order valence-electron chi connectivity index (χ4n) is 4.75. The van der Waals surface area contributed by atoms with Crippen LogP contribution in [0.1, 0.15) is 44.9 Å². The third-order valence-electron chi connectivity index (χ3n) is 6.32. The number of aromatic nitrogens is 1. The number of thiazole rings is 1. The standard InChI is InChI=1S/C21H26N4O2S/c26-19-11-14(13-25(19)16-5-1-2-6-16)20(27)22-15-7-8-17-18(12-15)28-21(23-17)24-9-3-4-10-24/h7-8,12,14,16H,1-6,9-11,13H2,(H,22,27)/t14-/m1/s1. The van der Waals surface area contributed by atoms with Crippen LogP contribution in [0.25, 0.3) is 10.2 Å². The summed E-state index contributed by atoms with van der Waals surface area (Å²) in [5, 5.41) is 4.11. The molecule has 3 heterocycles. The van der Waals surface area contributed by atoms with E-state index in [9.17, 15) is 9.59 Å². The number of hydrogen-bond donors (Lipinski definition) is 1. The Bertz CT molecular complexity index is 899. The van der Waals surface area contributed by atoms with E-state index in [4.69, 9.17) is 4.98 Å². The number of nitrogens with one attached hydrogen (secondary N) is 1. The highest BCUT2D eigenvalue weighted by Gasteiger charge is 2.38. The van der Waals surface area contributed by atoms with Gasteiger partial charge in [-0.3, -0.25) is 9.59 Å². The van der Waals surface area contributed by atoms with Crippen LogP contribution >= 0.6 is 11.3 Å². The molecule has 0 radical (unpaired) electrons. The Morgan fingerprint density at radius 2 is 1.93 bits per heavy atom. The van der Waals surface area contributed by atoms with E-state index in [1.54, 1.807) is 11.3 Å². The number of anilines is 2. The fourth-order valence-corrected chi connectivity index (χ4v) is 5.81. The lowest BCUT2D eigenvalue weighted by atomic mass is 10.1. The van der Waals surface area contributed by atoms with Crippen LogP contribution in [0.3, 0.4) is 0 Å². The van der Waals surface area contributed by atoms with Gasteiger partial charge in [0.15, 0.2) is 5.13 Å². The maximum atomic E-state index is 12.8.